The quantitative estimate of drug-likeness (QED) is 0.520. The summed E-state index contributed by atoms with van der Waals surface area (Å²) in [7, 11) is 0. The van der Waals surface area contributed by atoms with Crippen molar-refractivity contribution in [2.45, 2.75) is 44.0 Å². The normalized spacial score (nSPS) is 15.9. The third kappa shape index (κ3) is 5.32. The van der Waals surface area contributed by atoms with Crippen LogP contribution in [0.25, 0.3) is 11.4 Å². The lowest BCUT2D eigenvalue weighted by atomic mass is 10.1. The Bertz CT molecular complexity index is 1030. The number of anilines is 1. The van der Waals surface area contributed by atoms with E-state index < -0.39 is 0 Å². The Morgan fingerprint density at radius 3 is 2.77 bits per heavy atom. The molecule has 1 aromatic heterocycles. The summed E-state index contributed by atoms with van der Waals surface area (Å²) in [4.78, 5) is 12.6. The first-order valence-corrected chi connectivity index (χ1v) is 11.4. The Morgan fingerprint density at radius 1 is 1.23 bits per heavy atom. The SMILES string of the molecule is CCc1ccccc1NC(=O)CSc1nnc(-c2ccc(F)cc2)n1C[C@H]1CCCO1. The Kier molecular flexibility index (Phi) is 6.99. The Morgan fingerprint density at radius 2 is 2.03 bits per heavy atom. The van der Waals surface area contributed by atoms with Crippen molar-refractivity contribution in [3.63, 3.8) is 0 Å². The molecule has 1 aliphatic heterocycles. The maximum absolute atomic E-state index is 13.4. The van der Waals surface area contributed by atoms with E-state index in [2.05, 4.69) is 22.4 Å². The van der Waals surface area contributed by atoms with E-state index in [1.165, 1.54) is 23.9 Å². The Labute approximate surface area is 185 Å². The van der Waals surface area contributed by atoms with Crippen molar-refractivity contribution < 1.29 is 13.9 Å². The second kappa shape index (κ2) is 10.1. The first-order valence-electron chi connectivity index (χ1n) is 10.5. The number of rotatable bonds is 8. The summed E-state index contributed by atoms with van der Waals surface area (Å²) < 4.78 is 21.1. The van der Waals surface area contributed by atoms with Crippen molar-refractivity contribution in [3.8, 4) is 11.4 Å². The van der Waals surface area contributed by atoms with E-state index >= 15 is 0 Å². The number of ether oxygens (including phenoxy) is 1. The number of nitrogens with zero attached hydrogens (tertiary/aromatic N) is 3. The average Bonchev–Trinajstić information content (AvgIpc) is 3.44. The number of para-hydroxylation sites is 1. The standard InChI is InChI=1S/C23H25FN4O2S/c1-2-16-6-3-4-8-20(16)25-21(29)15-31-23-27-26-22(17-9-11-18(24)12-10-17)28(23)14-19-7-5-13-30-19/h3-4,6,8-12,19H,2,5,7,13-15H2,1H3,(H,25,29)/t19-/m1/s1. The highest BCUT2D eigenvalue weighted by Gasteiger charge is 2.22. The van der Waals surface area contributed by atoms with Gasteiger partial charge in [-0.1, -0.05) is 36.9 Å². The zero-order chi connectivity index (χ0) is 21.6. The first kappa shape index (κ1) is 21.5. The maximum Gasteiger partial charge on any atom is 0.234 e. The van der Waals surface area contributed by atoms with Crippen LogP contribution in [0.2, 0.25) is 0 Å². The number of hydrogen-bond acceptors (Lipinski definition) is 5. The molecule has 1 aliphatic rings. The third-order valence-electron chi connectivity index (χ3n) is 5.23. The molecular weight excluding hydrogens is 415 g/mol. The van der Waals surface area contributed by atoms with Crippen LogP contribution in [-0.4, -0.2) is 39.1 Å². The van der Waals surface area contributed by atoms with Gasteiger partial charge in [-0.25, -0.2) is 4.39 Å². The van der Waals surface area contributed by atoms with Crippen molar-refractivity contribution in [1.82, 2.24) is 14.8 Å². The summed E-state index contributed by atoms with van der Waals surface area (Å²) in [5, 5.41) is 12.3. The van der Waals surface area contributed by atoms with Gasteiger partial charge in [0.25, 0.3) is 0 Å². The van der Waals surface area contributed by atoms with Crippen molar-refractivity contribution in [1.29, 1.82) is 0 Å². The van der Waals surface area contributed by atoms with Crippen LogP contribution in [0, 0.1) is 5.82 Å². The van der Waals surface area contributed by atoms with Gasteiger partial charge in [0.15, 0.2) is 11.0 Å². The number of benzene rings is 2. The van der Waals surface area contributed by atoms with Gasteiger partial charge < -0.3 is 10.1 Å². The highest BCUT2D eigenvalue weighted by atomic mass is 32.2. The Balaban J connectivity index is 1.50. The molecule has 4 rings (SSSR count). The van der Waals surface area contributed by atoms with Crippen LogP contribution in [0.1, 0.15) is 25.3 Å². The highest BCUT2D eigenvalue weighted by molar-refractivity contribution is 7.99. The zero-order valence-corrected chi connectivity index (χ0v) is 18.2. The van der Waals surface area contributed by atoms with Crippen molar-refractivity contribution in [2.24, 2.45) is 0 Å². The second-order valence-corrected chi connectivity index (χ2v) is 8.35. The molecule has 0 saturated carbocycles. The van der Waals surface area contributed by atoms with E-state index in [0.717, 1.165) is 42.7 Å². The molecule has 1 saturated heterocycles. The van der Waals surface area contributed by atoms with Gasteiger partial charge >= 0.3 is 0 Å². The van der Waals surface area contributed by atoms with Crippen LogP contribution in [0.5, 0.6) is 0 Å². The second-order valence-electron chi connectivity index (χ2n) is 7.41. The molecule has 31 heavy (non-hydrogen) atoms. The van der Waals surface area contributed by atoms with Gasteiger partial charge in [0.1, 0.15) is 5.82 Å². The topological polar surface area (TPSA) is 69.0 Å². The van der Waals surface area contributed by atoms with Gasteiger partial charge in [-0.2, -0.15) is 0 Å². The summed E-state index contributed by atoms with van der Waals surface area (Å²) in [6.45, 7) is 3.41. The number of halogens is 1. The number of nitrogens with one attached hydrogen (secondary N) is 1. The van der Waals surface area contributed by atoms with E-state index in [-0.39, 0.29) is 23.6 Å². The van der Waals surface area contributed by atoms with Gasteiger partial charge in [-0.3, -0.25) is 9.36 Å². The molecule has 1 N–H and O–H groups in total. The molecule has 1 fully saturated rings. The summed E-state index contributed by atoms with van der Waals surface area (Å²) in [6, 6.07) is 14.0. The molecule has 6 nitrogen and oxygen atoms in total. The summed E-state index contributed by atoms with van der Waals surface area (Å²) in [6.07, 6.45) is 2.93. The smallest absolute Gasteiger partial charge is 0.234 e. The largest absolute Gasteiger partial charge is 0.376 e. The number of carbonyl (C=O) groups is 1. The lowest BCUT2D eigenvalue weighted by Crippen LogP contribution is -2.18. The van der Waals surface area contributed by atoms with Gasteiger partial charge in [0.2, 0.25) is 5.91 Å². The van der Waals surface area contributed by atoms with Gasteiger partial charge in [-0.15, -0.1) is 10.2 Å². The maximum atomic E-state index is 13.4. The fraction of sp³-hybridized carbons (Fsp3) is 0.348. The molecule has 0 unspecified atom stereocenters. The number of aryl methyl sites for hydroxylation is 1. The lowest BCUT2D eigenvalue weighted by Gasteiger charge is -2.15. The summed E-state index contributed by atoms with van der Waals surface area (Å²) in [5.74, 6) is 0.466. The molecule has 3 aromatic rings. The first-order chi connectivity index (χ1) is 15.1. The number of amides is 1. The minimum atomic E-state index is -0.299. The molecule has 1 amide bonds. The predicted octanol–water partition coefficient (Wildman–Crippen LogP) is 4.56. The van der Waals surface area contributed by atoms with Crippen molar-refractivity contribution in [3.05, 3.63) is 59.9 Å². The summed E-state index contributed by atoms with van der Waals surface area (Å²) >= 11 is 1.34. The molecule has 0 spiro atoms. The monoisotopic (exact) mass is 440 g/mol. The fourth-order valence-electron chi connectivity index (χ4n) is 3.63. The molecule has 0 aliphatic carbocycles. The van der Waals surface area contributed by atoms with Crippen LogP contribution >= 0.6 is 11.8 Å². The van der Waals surface area contributed by atoms with E-state index in [4.69, 9.17) is 4.74 Å². The number of carbonyl (C=O) groups excluding carboxylic acids is 1. The van der Waals surface area contributed by atoms with E-state index in [1.807, 2.05) is 28.8 Å². The molecule has 0 radical (unpaired) electrons. The fourth-order valence-corrected chi connectivity index (χ4v) is 4.38. The van der Waals surface area contributed by atoms with Crippen LogP contribution < -0.4 is 5.32 Å². The lowest BCUT2D eigenvalue weighted by molar-refractivity contribution is -0.113. The Hall–Kier alpha value is -2.71. The van der Waals surface area contributed by atoms with Crippen LogP contribution in [0.3, 0.4) is 0 Å². The number of hydrogen-bond donors (Lipinski definition) is 1. The molecule has 162 valence electrons. The van der Waals surface area contributed by atoms with E-state index in [1.54, 1.807) is 12.1 Å². The highest BCUT2D eigenvalue weighted by Crippen LogP contribution is 2.27. The van der Waals surface area contributed by atoms with Crippen LogP contribution in [0.15, 0.2) is 53.7 Å². The van der Waals surface area contributed by atoms with Crippen molar-refractivity contribution in [2.75, 3.05) is 17.7 Å². The molecule has 8 heteroatoms. The zero-order valence-electron chi connectivity index (χ0n) is 17.4. The third-order valence-corrected chi connectivity index (χ3v) is 6.20. The average molecular weight is 441 g/mol. The molecule has 2 aromatic carbocycles. The molecule has 0 bridgehead atoms. The van der Waals surface area contributed by atoms with E-state index in [0.29, 0.717) is 17.5 Å². The minimum absolute atomic E-state index is 0.0832. The molecule has 1 atom stereocenters. The molecule has 2 heterocycles. The predicted molar refractivity (Wildman–Crippen MR) is 120 cm³/mol. The van der Waals surface area contributed by atoms with Gasteiger partial charge in [0.05, 0.1) is 18.4 Å². The summed E-state index contributed by atoms with van der Waals surface area (Å²) in [5.41, 5.74) is 2.71. The minimum Gasteiger partial charge on any atom is -0.376 e. The number of thioether (sulfide) groups is 1. The van der Waals surface area contributed by atoms with Crippen molar-refractivity contribution >= 4 is 23.4 Å². The van der Waals surface area contributed by atoms with E-state index in [9.17, 15) is 9.18 Å². The van der Waals surface area contributed by atoms with Gasteiger partial charge in [-0.05, 0) is 55.2 Å². The molecular formula is C23H25FN4O2S. The number of aromatic nitrogens is 3. The van der Waals surface area contributed by atoms with Gasteiger partial charge in [0, 0.05) is 17.9 Å². The van der Waals surface area contributed by atoms with Crippen LogP contribution in [-0.2, 0) is 22.5 Å². The van der Waals surface area contributed by atoms with Crippen LogP contribution in [0.4, 0.5) is 10.1 Å².